The summed E-state index contributed by atoms with van der Waals surface area (Å²) in [6, 6.07) is 14.5. The van der Waals surface area contributed by atoms with E-state index < -0.39 is 0 Å². The Hall–Kier alpha value is -3.03. The van der Waals surface area contributed by atoms with Gasteiger partial charge in [0.15, 0.2) is 0 Å². The van der Waals surface area contributed by atoms with Crippen molar-refractivity contribution in [2.75, 3.05) is 56.5 Å². The molecule has 7 rings (SSSR count). The summed E-state index contributed by atoms with van der Waals surface area (Å²) in [5, 5.41) is 3.41. The van der Waals surface area contributed by atoms with Crippen LogP contribution in [0.25, 0.3) is 22.3 Å². The Morgan fingerprint density at radius 1 is 0.912 bits per heavy atom. The van der Waals surface area contributed by atoms with Crippen LogP contribution in [0, 0.1) is 0 Å². The zero-order valence-electron chi connectivity index (χ0n) is 19.7. The molecule has 7 nitrogen and oxygen atoms in total. The second-order valence-electron chi connectivity index (χ2n) is 10.1. The summed E-state index contributed by atoms with van der Waals surface area (Å²) in [6.45, 7) is 7.11. The number of nitrogens with zero attached hydrogens (tertiary/aromatic N) is 6. The Labute approximate surface area is 200 Å². The van der Waals surface area contributed by atoms with E-state index >= 15 is 0 Å². The van der Waals surface area contributed by atoms with Gasteiger partial charge in [0.1, 0.15) is 5.84 Å². The first kappa shape index (κ1) is 20.4. The van der Waals surface area contributed by atoms with Crippen LogP contribution in [0.2, 0.25) is 0 Å². The van der Waals surface area contributed by atoms with Crippen molar-refractivity contribution in [1.82, 2.24) is 19.8 Å². The van der Waals surface area contributed by atoms with Gasteiger partial charge in [0, 0.05) is 76.1 Å². The largest absolute Gasteiger partial charge is 0.367 e. The van der Waals surface area contributed by atoms with E-state index in [0.29, 0.717) is 6.04 Å². The Bertz CT molecular complexity index is 1270. The number of hydrogen-bond donors (Lipinski definition) is 1. The molecule has 0 unspecified atom stereocenters. The first-order chi connectivity index (χ1) is 16.7. The summed E-state index contributed by atoms with van der Waals surface area (Å²) in [4.78, 5) is 21.8. The molecule has 1 N–H and O–H groups in total. The average molecular weight is 454 g/mol. The maximum Gasteiger partial charge on any atom is 0.105 e. The highest BCUT2D eigenvalue weighted by Gasteiger charge is 2.37. The van der Waals surface area contributed by atoms with E-state index in [1.807, 2.05) is 13.2 Å². The molecule has 3 aromatic rings. The number of piperazine rings is 1. The van der Waals surface area contributed by atoms with Crippen LogP contribution in [0.3, 0.4) is 0 Å². The van der Waals surface area contributed by atoms with Gasteiger partial charge in [-0.2, -0.15) is 0 Å². The molecular weight excluding hydrogens is 422 g/mol. The summed E-state index contributed by atoms with van der Waals surface area (Å²) in [5.41, 5.74) is 7.61. The number of rotatable bonds is 4. The zero-order valence-corrected chi connectivity index (χ0v) is 19.7. The van der Waals surface area contributed by atoms with E-state index in [0.717, 1.165) is 59.4 Å². The molecule has 7 heteroatoms. The fraction of sp³-hybridized carbons (Fsp3) is 0.444. The molecule has 174 valence electrons. The van der Waals surface area contributed by atoms with E-state index in [1.54, 1.807) is 0 Å². The van der Waals surface area contributed by atoms with Gasteiger partial charge in [-0.15, -0.1) is 0 Å². The molecule has 0 spiro atoms. The molecule has 2 saturated heterocycles. The van der Waals surface area contributed by atoms with Gasteiger partial charge in [0.05, 0.1) is 28.6 Å². The maximum atomic E-state index is 4.99. The lowest BCUT2D eigenvalue weighted by Crippen LogP contribution is -2.63. The molecule has 1 aromatic carbocycles. The zero-order chi connectivity index (χ0) is 22.6. The topological polar surface area (TPSA) is 59.9 Å². The van der Waals surface area contributed by atoms with Gasteiger partial charge in [-0.3, -0.25) is 19.8 Å². The van der Waals surface area contributed by atoms with Crippen molar-refractivity contribution in [3.05, 3.63) is 48.2 Å². The SMILES string of the molecule is CN=C1Cc2ccc(-c3ccc4ncc(N5CC(N6CCN(C7CC7)CC6)C5)cc4n3)cc2N1. The van der Waals surface area contributed by atoms with Gasteiger partial charge in [-0.25, -0.2) is 4.98 Å². The molecule has 1 aliphatic carbocycles. The lowest BCUT2D eigenvalue weighted by molar-refractivity contribution is 0.0793. The fourth-order valence-electron chi connectivity index (χ4n) is 5.66. The molecule has 0 atom stereocenters. The van der Waals surface area contributed by atoms with Crippen LogP contribution in [-0.2, 0) is 6.42 Å². The Morgan fingerprint density at radius 2 is 1.71 bits per heavy atom. The average Bonchev–Trinajstić information content (AvgIpc) is 3.61. The van der Waals surface area contributed by atoms with Gasteiger partial charge in [0.25, 0.3) is 0 Å². The van der Waals surface area contributed by atoms with E-state index in [2.05, 4.69) is 61.4 Å². The molecular formula is C27H31N7. The first-order valence-corrected chi connectivity index (χ1v) is 12.6. The molecule has 2 aromatic heterocycles. The second kappa shape index (κ2) is 8.03. The minimum atomic E-state index is 0.673. The van der Waals surface area contributed by atoms with Gasteiger partial charge in [0.2, 0.25) is 0 Å². The summed E-state index contributed by atoms with van der Waals surface area (Å²) >= 11 is 0. The molecule has 4 aliphatic rings. The van der Waals surface area contributed by atoms with Crippen LogP contribution in [-0.4, -0.2) is 84.0 Å². The van der Waals surface area contributed by atoms with Gasteiger partial charge < -0.3 is 10.2 Å². The van der Waals surface area contributed by atoms with Crippen molar-refractivity contribution in [3.8, 4) is 11.3 Å². The van der Waals surface area contributed by atoms with Gasteiger partial charge in [-0.05, 0) is 42.7 Å². The number of amidine groups is 1. The fourth-order valence-corrected chi connectivity index (χ4v) is 5.66. The Kier molecular flexibility index (Phi) is 4.81. The number of aromatic nitrogens is 2. The molecule has 5 heterocycles. The number of aliphatic imine (C=N–C) groups is 1. The number of benzene rings is 1. The minimum absolute atomic E-state index is 0.673. The van der Waals surface area contributed by atoms with E-state index in [-0.39, 0.29) is 0 Å². The van der Waals surface area contributed by atoms with Crippen molar-refractivity contribution in [3.63, 3.8) is 0 Å². The van der Waals surface area contributed by atoms with Crippen molar-refractivity contribution < 1.29 is 0 Å². The number of anilines is 2. The standard InChI is InChI=1S/C27H31N7/c1-28-27-13-19-3-2-18(12-25(19)31-27)23-6-7-24-26(30-23)14-21(15-29-24)34-16-22(17-34)33-10-8-32(9-11-33)20-4-5-20/h2-3,6-7,12,14-15,20,22H,4-5,8-11,13,16-17H2,1H3,(H,28,31). The summed E-state index contributed by atoms with van der Waals surface area (Å²) < 4.78 is 0. The molecule has 0 bridgehead atoms. The van der Waals surface area contributed by atoms with Crippen LogP contribution in [0.15, 0.2) is 47.6 Å². The number of hydrogen-bond acceptors (Lipinski definition) is 6. The van der Waals surface area contributed by atoms with Crippen molar-refractivity contribution >= 4 is 28.2 Å². The predicted molar refractivity (Wildman–Crippen MR) is 138 cm³/mol. The normalized spacial score (nSPS) is 22.7. The maximum absolute atomic E-state index is 4.99. The van der Waals surface area contributed by atoms with Crippen molar-refractivity contribution in [1.29, 1.82) is 0 Å². The van der Waals surface area contributed by atoms with E-state index in [1.165, 1.54) is 50.3 Å². The van der Waals surface area contributed by atoms with Crippen molar-refractivity contribution in [2.24, 2.45) is 4.99 Å². The van der Waals surface area contributed by atoms with E-state index in [9.17, 15) is 0 Å². The third-order valence-electron chi connectivity index (χ3n) is 7.99. The van der Waals surface area contributed by atoms with Gasteiger partial charge >= 0.3 is 0 Å². The van der Waals surface area contributed by atoms with E-state index in [4.69, 9.17) is 9.97 Å². The number of nitrogens with one attached hydrogen (secondary N) is 1. The minimum Gasteiger partial charge on any atom is -0.367 e. The second-order valence-corrected chi connectivity index (χ2v) is 10.1. The lowest BCUT2D eigenvalue weighted by Gasteiger charge is -2.49. The highest BCUT2D eigenvalue weighted by Crippen LogP contribution is 2.32. The Morgan fingerprint density at radius 3 is 2.47 bits per heavy atom. The molecule has 1 saturated carbocycles. The quantitative estimate of drug-likeness (QED) is 0.654. The number of fused-ring (bicyclic) bond motifs is 2. The monoisotopic (exact) mass is 453 g/mol. The predicted octanol–water partition coefficient (Wildman–Crippen LogP) is 3.26. The summed E-state index contributed by atoms with van der Waals surface area (Å²) in [6.07, 6.45) is 5.72. The van der Waals surface area contributed by atoms with Crippen LogP contribution >= 0.6 is 0 Å². The van der Waals surface area contributed by atoms with Gasteiger partial charge in [-0.1, -0.05) is 12.1 Å². The van der Waals surface area contributed by atoms with Crippen LogP contribution in [0.5, 0.6) is 0 Å². The highest BCUT2D eigenvalue weighted by atomic mass is 15.4. The number of pyridine rings is 2. The molecule has 34 heavy (non-hydrogen) atoms. The highest BCUT2D eigenvalue weighted by molar-refractivity contribution is 6.03. The van der Waals surface area contributed by atoms with Crippen LogP contribution in [0.1, 0.15) is 18.4 Å². The summed E-state index contributed by atoms with van der Waals surface area (Å²) in [5.74, 6) is 1.02. The van der Waals surface area contributed by atoms with Crippen molar-refractivity contribution in [2.45, 2.75) is 31.3 Å². The summed E-state index contributed by atoms with van der Waals surface area (Å²) in [7, 11) is 1.83. The Balaban J connectivity index is 1.06. The third kappa shape index (κ3) is 3.63. The smallest absolute Gasteiger partial charge is 0.105 e. The molecule has 0 radical (unpaired) electrons. The lowest BCUT2D eigenvalue weighted by atomic mass is 10.0. The molecule has 0 amide bonds. The molecule has 3 fully saturated rings. The molecule has 3 aliphatic heterocycles. The van der Waals surface area contributed by atoms with Crippen LogP contribution < -0.4 is 10.2 Å². The third-order valence-corrected chi connectivity index (χ3v) is 7.99. The van der Waals surface area contributed by atoms with Crippen LogP contribution in [0.4, 0.5) is 11.4 Å². The first-order valence-electron chi connectivity index (χ1n) is 12.6.